The van der Waals surface area contributed by atoms with E-state index in [2.05, 4.69) is 10.6 Å². The van der Waals surface area contributed by atoms with E-state index >= 15 is 0 Å². The van der Waals surface area contributed by atoms with E-state index in [1.165, 1.54) is 12.1 Å². The summed E-state index contributed by atoms with van der Waals surface area (Å²) in [6, 6.07) is 16.0. The molecule has 31 heavy (non-hydrogen) atoms. The monoisotopic (exact) mass is 427 g/mol. The third-order valence-corrected chi connectivity index (χ3v) is 5.77. The summed E-state index contributed by atoms with van der Waals surface area (Å²) in [6.45, 7) is 2.44. The normalized spacial score (nSPS) is 15.2. The van der Waals surface area contributed by atoms with Gasteiger partial charge in [-0.05, 0) is 36.1 Å². The first-order valence-corrected chi connectivity index (χ1v) is 10.6. The van der Waals surface area contributed by atoms with Gasteiger partial charge in [-0.3, -0.25) is 4.79 Å². The Morgan fingerprint density at radius 2 is 1.71 bits per heavy atom. The topological polar surface area (TPSA) is 70.7 Å². The van der Waals surface area contributed by atoms with Gasteiger partial charge in [-0.2, -0.15) is 0 Å². The molecular weight excluding hydrogens is 397 g/mol. The number of carbonyl (C=O) groups is 2. The van der Waals surface area contributed by atoms with Crippen molar-refractivity contribution in [3.63, 3.8) is 0 Å². The van der Waals surface area contributed by atoms with Crippen LogP contribution in [0.25, 0.3) is 0 Å². The zero-order chi connectivity index (χ0) is 22.1. The smallest absolute Gasteiger partial charge is 0.317 e. The molecule has 1 saturated heterocycles. The highest BCUT2D eigenvalue weighted by Gasteiger charge is 2.34. The van der Waals surface area contributed by atoms with Gasteiger partial charge in [0.25, 0.3) is 0 Å². The van der Waals surface area contributed by atoms with Crippen molar-refractivity contribution in [2.45, 2.75) is 31.2 Å². The van der Waals surface area contributed by atoms with E-state index in [9.17, 15) is 14.0 Å². The fraction of sp³-hybridized carbons (Fsp3) is 0.417. The number of benzene rings is 2. The maximum Gasteiger partial charge on any atom is 0.317 e. The highest BCUT2D eigenvalue weighted by molar-refractivity contribution is 5.78. The van der Waals surface area contributed by atoms with Crippen molar-refractivity contribution in [1.29, 1.82) is 0 Å². The quantitative estimate of drug-likeness (QED) is 0.680. The molecule has 0 aromatic heterocycles. The molecule has 2 aromatic rings. The maximum atomic E-state index is 13.3. The van der Waals surface area contributed by atoms with Gasteiger partial charge in [0.05, 0.1) is 0 Å². The first-order valence-electron chi connectivity index (χ1n) is 10.6. The average molecular weight is 428 g/mol. The van der Waals surface area contributed by atoms with Crippen LogP contribution < -0.4 is 10.6 Å². The molecule has 0 spiro atoms. The van der Waals surface area contributed by atoms with Gasteiger partial charge in [0.15, 0.2) is 0 Å². The molecule has 1 aliphatic heterocycles. The molecule has 2 N–H and O–H groups in total. The number of halogens is 1. The molecule has 7 heteroatoms. The molecule has 0 aliphatic carbocycles. The van der Waals surface area contributed by atoms with Crippen molar-refractivity contribution >= 4 is 11.9 Å². The molecule has 0 bridgehead atoms. The van der Waals surface area contributed by atoms with Gasteiger partial charge in [0.1, 0.15) is 5.82 Å². The van der Waals surface area contributed by atoms with Crippen molar-refractivity contribution in [1.82, 2.24) is 15.5 Å². The molecule has 0 unspecified atom stereocenters. The zero-order valence-corrected chi connectivity index (χ0v) is 17.9. The summed E-state index contributed by atoms with van der Waals surface area (Å²) >= 11 is 0. The van der Waals surface area contributed by atoms with Gasteiger partial charge < -0.3 is 20.3 Å². The van der Waals surface area contributed by atoms with Crippen LogP contribution in [0.1, 0.15) is 30.4 Å². The molecule has 3 amide bonds. The van der Waals surface area contributed by atoms with E-state index in [1.54, 1.807) is 24.1 Å². The van der Waals surface area contributed by atoms with Crippen molar-refractivity contribution < 1.29 is 18.7 Å². The average Bonchev–Trinajstić information content (AvgIpc) is 2.79. The predicted molar refractivity (Wildman–Crippen MR) is 117 cm³/mol. The van der Waals surface area contributed by atoms with Crippen molar-refractivity contribution in [3.8, 4) is 0 Å². The van der Waals surface area contributed by atoms with Crippen LogP contribution in [0.2, 0.25) is 0 Å². The highest BCUT2D eigenvalue weighted by atomic mass is 19.1. The minimum atomic E-state index is -0.275. The number of rotatable bonds is 8. The molecule has 0 radical (unpaired) electrons. The summed E-state index contributed by atoms with van der Waals surface area (Å²) in [4.78, 5) is 26.2. The Morgan fingerprint density at radius 3 is 2.39 bits per heavy atom. The summed E-state index contributed by atoms with van der Waals surface area (Å²) in [5.41, 5.74) is 1.79. The Kier molecular flexibility index (Phi) is 8.00. The second-order valence-electron chi connectivity index (χ2n) is 8.00. The fourth-order valence-corrected chi connectivity index (χ4v) is 3.84. The van der Waals surface area contributed by atoms with Gasteiger partial charge in [0, 0.05) is 51.7 Å². The van der Waals surface area contributed by atoms with Crippen LogP contribution in [0.15, 0.2) is 54.6 Å². The van der Waals surface area contributed by atoms with Gasteiger partial charge in [-0.25, -0.2) is 9.18 Å². The number of hydrogen-bond donors (Lipinski definition) is 2. The fourth-order valence-electron chi connectivity index (χ4n) is 3.84. The second-order valence-corrected chi connectivity index (χ2v) is 8.00. The number of urea groups is 1. The number of hydrogen-bond acceptors (Lipinski definition) is 3. The molecule has 1 aliphatic rings. The van der Waals surface area contributed by atoms with Gasteiger partial charge >= 0.3 is 6.03 Å². The van der Waals surface area contributed by atoms with Crippen LogP contribution in [-0.4, -0.2) is 50.2 Å². The van der Waals surface area contributed by atoms with Crippen LogP contribution in [0.5, 0.6) is 0 Å². The standard InChI is InChI=1S/C24H30FN3O3/c1-28(17-19-5-3-2-4-6-19)23(30)26-14-11-22(29)27-18-24(12-15-31-16-13-24)20-7-9-21(25)10-8-20/h2-10H,11-18H2,1H3,(H,26,30)(H,27,29). The molecule has 0 saturated carbocycles. The zero-order valence-electron chi connectivity index (χ0n) is 17.9. The van der Waals surface area contributed by atoms with Crippen molar-refractivity contribution in [2.75, 3.05) is 33.4 Å². The van der Waals surface area contributed by atoms with Gasteiger partial charge in [-0.15, -0.1) is 0 Å². The van der Waals surface area contributed by atoms with Crippen LogP contribution in [0.4, 0.5) is 9.18 Å². The van der Waals surface area contributed by atoms with E-state index in [4.69, 9.17) is 4.74 Å². The lowest BCUT2D eigenvalue weighted by molar-refractivity contribution is -0.121. The summed E-state index contributed by atoms with van der Waals surface area (Å²) in [5, 5.41) is 5.78. The first kappa shape index (κ1) is 22.7. The second kappa shape index (κ2) is 10.9. The van der Waals surface area contributed by atoms with Crippen LogP contribution in [0, 0.1) is 5.82 Å². The number of nitrogens with zero attached hydrogens (tertiary/aromatic N) is 1. The van der Waals surface area contributed by atoms with E-state index in [-0.39, 0.29) is 36.1 Å². The van der Waals surface area contributed by atoms with Gasteiger partial charge in [0.2, 0.25) is 5.91 Å². The molecule has 6 nitrogen and oxygen atoms in total. The van der Waals surface area contributed by atoms with E-state index < -0.39 is 0 Å². The lowest BCUT2D eigenvalue weighted by atomic mass is 9.74. The lowest BCUT2D eigenvalue weighted by Crippen LogP contribution is -2.45. The van der Waals surface area contributed by atoms with Crippen LogP contribution in [-0.2, 0) is 21.5 Å². The summed E-state index contributed by atoms with van der Waals surface area (Å²) in [7, 11) is 1.72. The SMILES string of the molecule is CN(Cc1ccccc1)C(=O)NCCC(=O)NCC1(c2ccc(F)cc2)CCOCC1. The minimum Gasteiger partial charge on any atom is -0.381 e. The first-order chi connectivity index (χ1) is 15.0. The van der Waals surface area contributed by atoms with E-state index in [0.29, 0.717) is 26.3 Å². The Labute approximate surface area is 182 Å². The Bertz CT molecular complexity index is 852. The van der Waals surface area contributed by atoms with Crippen molar-refractivity contribution in [2.24, 2.45) is 0 Å². The van der Waals surface area contributed by atoms with Crippen LogP contribution >= 0.6 is 0 Å². The largest absolute Gasteiger partial charge is 0.381 e. The maximum absolute atomic E-state index is 13.3. The Morgan fingerprint density at radius 1 is 1.03 bits per heavy atom. The third-order valence-electron chi connectivity index (χ3n) is 5.77. The number of carbonyl (C=O) groups excluding carboxylic acids is 2. The molecule has 0 atom stereocenters. The molecule has 3 rings (SSSR count). The number of ether oxygens (including phenoxy) is 1. The summed E-state index contributed by atoms with van der Waals surface area (Å²) in [5.74, 6) is -0.401. The Hall–Kier alpha value is -2.93. The molecule has 1 heterocycles. The summed E-state index contributed by atoms with van der Waals surface area (Å²) in [6.07, 6.45) is 1.72. The number of amides is 3. The molecular formula is C24H30FN3O3. The Balaban J connectivity index is 1.45. The van der Waals surface area contributed by atoms with E-state index in [1.807, 2.05) is 30.3 Å². The third kappa shape index (κ3) is 6.52. The molecule has 1 fully saturated rings. The van der Waals surface area contributed by atoms with Crippen LogP contribution in [0.3, 0.4) is 0 Å². The highest BCUT2D eigenvalue weighted by Crippen LogP contribution is 2.34. The lowest BCUT2D eigenvalue weighted by Gasteiger charge is -2.38. The minimum absolute atomic E-state index is 0.126. The van der Waals surface area contributed by atoms with Gasteiger partial charge in [-0.1, -0.05) is 42.5 Å². The molecule has 166 valence electrons. The summed E-state index contributed by atoms with van der Waals surface area (Å²) < 4.78 is 18.8. The van der Waals surface area contributed by atoms with E-state index in [0.717, 1.165) is 24.0 Å². The van der Waals surface area contributed by atoms with Crippen molar-refractivity contribution in [3.05, 3.63) is 71.5 Å². The molecule has 2 aromatic carbocycles. The predicted octanol–water partition coefficient (Wildman–Crippen LogP) is 3.22. The number of nitrogens with one attached hydrogen (secondary N) is 2.